The van der Waals surface area contributed by atoms with E-state index in [1.165, 1.54) is 12.1 Å². The van der Waals surface area contributed by atoms with Gasteiger partial charge in [-0.05, 0) is 38.5 Å². The molecular weight excluding hydrogens is 285 g/mol. The molecule has 1 rings (SSSR count). The van der Waals surface area contributed by atoms with Crippen LogP contribution < -0.4 is 5.32 Å². The summed E-state index contributed by atoms with van der Waals surface area (Å²) >= 11 is 5.55. The van der Waals surface area contributed by atoms with Gasteiger partial charge in [0.05, 0.1) is 16.7 Å². The van der Waals surface area contributed by atoms with Gasteiger partial charge in [0.15, 0.2) is 0 Å². The molecule has 6 heteroatoms. The van der Waals surface area contributed by atoms with Crippen LogP contribution in [0.3, 0.4) is 0 Å². The second-order valence-electron chi connectivity index (χ2n) is 5.39. The molecule has 0 spiro atoms. The van der Waals surface area contributed by atoms with Gasteiger partial charge in [0.1, 0.15) is 12.4 Å². The number of aliphatic hydroxyl groups excluding tert-OH is 1. The van der Waals surface area contributed by atoms with E-state index < -0.39 is 17.5 Å². The molecule has 0 radical (unpaired) electrons. The third-order valence-corrected chi connectivity index (χ3v) is 2.76. The second-order valence-corrected chi connectivity index (χ2v) is 5.80. The summed E-state index contributed by atoms with van der Waals surface area (Å²) in [4.78, 5) is 11.5. The minimum Gasteiger partial charge on any atom is -0.387 e. The fourth-order valence-corrected chi connectivity index (χ4v) is 1.50. The molecule has 0 aliphatic rings. The highest BCUT2D eigenvalue weighted by Crippen LogP contribution is 2.19. The summed E-state index contributed by atoms with van der Waals surface area (Å²) in [5.41, 5.74) is -0.0566. The first-order chi connectivity index (χ1) is 9.19. The van der Waals surface area contributed by atoms with Crippen LogP contribution in [0.15, 0.2) is 18.2 Å². The molecule has 0 fully saturated rings. The molecule has 1 aromatic carbocycles. The molecule has 1 aromatic rings. The van der Waals surface area contributed by atoms with Crippen LogP contribution in [0, 0.1) is 5.82 Å². The number of halogens is 2. The van der Waals surface area contributed by atoms with E-state index in [1.807, 2.05) is 20.8 Å². The number of amides is 1. The fraction of sp³-hybridized carbons (Fsp3) is 0.500. The molecule has 0 aliphatic carbocycles. The van der Waals surface area contributed by atoms with Crippen molar-refractivity contribution < 1.29 is 19.0 Å². The predicted molar refractivity (Wildman–Crippen MR) is 75.1 cm³/mol. The van der Waals surface area contributed by atoms with Gasteiger partial charge in [0.2, 0.25) is 5.91 Å². The zero-order valence-electron chi connectivity index (χ0n) is 11.7. The molecular formula is C14H19ClFNO3. The van der Waals surface area contributed by atoms with Gasteiger partial charge in [-0.3, -0.25) is 4.79 Å². The number of aliphatic hydroxyl groups is 1. The van der Waals surface area contributed by atoms with Crippen LogP contribution >= 0.6 is 11.6 Å². The Labute approximate surface area is 122 Å². The zero-order valence-corrected chi connectivity index (χ0v) is 12.5. The normalized spacial score (nSPS) is 13.1. The minimum atomic E-state index is -1.000. The average molecular weight is 304 g/mol. The van der Waals surface area contributed by atoms with E-state index in [0.717, 1.165) is 6.07 Å². The van der Waals surface area contributed by atoms with Crippen molar-refractivity contribution in [1.29, 1.82) is 0 Å². The maximum Gasteiger partial charge on any atom is 0.246 e. The van der Waals surface area contributed by atoms with E-state index >= 15 is 0 Å². The van der Waals surface area contributed by atoms with Crippen molar-refractivity contribution >= 4 is 17.5 Å². The van der Waals surface area contributed by atoms with Gasteiger partial charge < -0.3 is 15.2 Å². The van der Waals surface area contributed by atoms with Gasteiger partial charge in [-0.1, -0.05) is 17.7 Å². The Morgan fingerprint density at radius 2 is 2.15 bits per heavy atom. The maximum absolute atomic E-state index is 13.2. The summed E-state index contributed by atoms with van der Waals surface area (Å²) in [6, 6.07) is 4.01. The van der Waals surface area contributed by atoms with Crippen molar-refractivity contribution in [2.45, 2.75) is 32.5 Å². The van der Waals surface area contributed by atoms with Gasteiger partial charge in [-0.25, -0.2) is 4.39 Å². The summed E-state index contributed by atoms with van der Waals surface area (Å²) in [5.74, 6) is -0.945. The molecule has 0 aliphatic heterocycles. The third kappa shape index (κ3) is 5.86. The Morgan fingerprint density at radius 1 is 1.50 bits per heavy atom. The molecule has 1 atom stereocenters. The summed E-state index contributed by atoms with van der Waals surface area (Å²) < 4.78 is 18.5. The molecule has 1 unspecified atom stereocenters. The van der Waals surface area contributed by atoms with Crippen LogP contribution in [0.2, 0.25) is 5.02 Å². The number of ether oxygens (including phenoxy) is 1. The topological polar surface area (TPSA) is 58.6 Å². The number of carbonyl (C=O) groups excluding carboxylic acids is 1. The molecule has 2 N–H and O–H groups in total. The summed E-state index contributed by atoms with van der Waals surface area (Å²) in [5, 5.41) is 12.4. The Hall–Kier alpha value is -1.17. The van der Waals surface area contributed by atoms with Crippen molar-refractivity contribution in [2.24, 2.45) is 0 Å². The Morgan fingerprint density at radius 3 is 2.70 bits per heavy atom. The lowest BCUT2D eigenvalue weighted by Gasteiger charge is -2.19. The van der Waals surface area contributed by atoms with Crippen molar-refractivity contribution in [3.8, 4) is 0 Å². The number of hydrogen-bond acceptors (Lipinski definition) is 3. The molecule has 0 saturated carbocycles. The third-order valence-electron chi connectivity index (χ3n) is 2.46. The van der Waals surface area contributed by atoms with Crippen LogP contribution in [0.1, 0.15) is 32.4 Å². The van der Waals surface area contributed by atoms with Crippen LogP contribution in [0.4, 0.5) is 4.39 Å². The Balaban J connectivity index is 2.44. The summed E-state index contributed by atoms with van der Waals surface area (Å²) in [7, 11) is 0. The van der Waals surface area contributed by atoms with Crippen LogP contribution in [-0.2, 0) is 9.53 Å². The number of nitrogens with one attached hydrogen (secondary N) is 1. The van der Waals surface area contributed by atoms with E-state index in [-0.39, 0.29) is 24.1 Å². The number of rotatable bonds is 5. The number of hydrogen-bond donors (Lipinski definition) is 2. The van der Waals surface area contributed by atoms with Gasteiger partial charge in [-0.2, -0.15) is 0 Å². The number of benzene rings is 1. The first-order valence-electron chi connectivity index (χ1n) is 6.23. The van der Waals surface area contributed by atoms with Crippen molar-refractivity contribution in [1.82, 2.24) is 5.32 Å². The van der Waals surface area contributed by atoms with Gasteiger partial charge >= 0.3 is 0 Å². The average Bonchev–Trinajstić information content (AvgIpc) is 2.36. The smallest absolute Gasteiger partial charge is 0.246 e. The minimum absolute atomic E-state index is 0.0106. The molecule has 20 heavy (non-hydrogen) atoms. The summed E-state index contributed by atoms with van der Waals surface area (Å²) in [6.07, 6.45) is -1.000. The van der Waals surface area contributed by atoms with Crippen LogP contribution in [0.25, 0.3) is 0 Å². The second kappa shape index (κ2) is 7.02. The van der Waals surface area contributed by atoms with Gasteiger partial charge in [0, 0.05) is 6.54 Å². The molecule has 1 amide bonds. The first kappa shape index (κ1) is 16.9. The van der Waals surface area contributed by atoms with Gasteiger partial charge in [0.25, 0.3) is 0 Å². The van der Waals surface area contributed by atoms with Crippen molar-refractivity contribution in [3.05, 3.63) is 34.6 Å². The Bertz CT molecular complexity index is 474. The van der Waals surface area contributed by atoms with E-state index in [2.05, 4.69) is 5.32 Å². The summed E-state index contributed by atoms with van der Waals surface area (Å²) in [6.45, 7) is 5.40. The van der Waals surface area contributed by atoms with E-state index in [1.54, 1.807) is 0 Å². The van der Waals surface area contributed by atoms with Crippen molar-refractivity contribution in [3.63, 3.8) is 0 Å². The maximum atomic E-state index is 13.2. The fourth-order valence-electron chi connectivity index (χ4n) is 1.38. The SMILES string of the molecule is CC(C)(C)OCC(=O)NCC(O)c1ccc(Cl)c(F)c1. The lowest BCUT2D eigenvalue weighted by molar-refractivity contribution is -0.131. The lowest BCUT2D eigenvalue weighted by atomic mass is 10.1. The molecule has 0 bridgehead atoms. The van der Waals surface area contributed by atoms with Crippen molar-refractivity contribution in [2.75, 3.05) is 13.2 Å². The quantitative estimate of drug-likeness (QED) is 0.878. The zero-order chi connectivity index (χ0) is 15.3. The van der Waals surface area contributed by atoms with Crippen LogP contribution in [0.5, 0.6) is 0 Å². The highest BCUT2D eigenvalue weighted by Gasteiger charge is 2.15. The number of carbonyl (C=O) groups is 1. The molecule has 112 valence electrons. The largest absolute Gasteiger partial charge is 0.387 e. The van der Waals surface area contributed by atoms with Crippen LogP contribution in [-0.4, -0.2) is 29.8 Å². The van der Waals surface area contributed by atoms with E-state index in [4.69, 9.17) is 16.3 Å². The Kier molecular flexibility index (Phi) is 5.92. The highest BCUT2D eigenvalue weighted by atomic mass is 35.5. The molecule has 4 nitrogen and oxygen atoms in total. The monoisotopic (exact) mass is 303 g/mol. The van der Waals surface area contributed by atoms with Gasteiger partial charge in [-0.15, -0.1) is 0 Å². The lowest BCUT2D eigenvalue weighted by Crippen LogP contribution is -2.34. The molecule has 0 heterocycles. The van der Waals surface area contributed by atoms with E-state index in [9.17, 15) is 14.3 Å². The highest BCUT2D eigenvalue weighted by molar-refractivity contribution is 6.30. The molecule has 0 aromatic heterocycles. The van der Waals surface area contributed by atoms with E-state index in [0.29, 0.717) is 5.56 Å². The first-order valence-corrected chi connectivity index (χ1v) is 6.60. The standard InChI is InChI=1S/C14H19ClFNO3/c1-14(2,3)20-8-13(19)17-7-12(18)9-4-5-10(15)11(16)6-9/h4-6,12,18H,7-8H2,1-3H3,(H,17,19). The molecule has 0 saturated heterocycles. The predicted octanol–water partition coefficient (Wildman–Crippen LogP) is 2.44.